The Labute approximate surface area is 106 Å². The molecule has 3 atom stereocenters. The summed E-state index contributed by atoms with van der Waals surface area (Å²) in [6.45, 7) is 8.54. The van der Waals surface area contributed by atoms with Crippen molar-refractivity contribution >= 4 is 5.91 Å². The standard InChI is InChI=1S/C14H28N2O/c1-5-7-8-10(6-2)13(17)16-12-9-11(15)14(12,3)4/h10-12H,5-9,15H2,1-4H3,(H,16,17). The molecule has 0 heterocycles. The molecule has 1 rings (SSSR count). The van der Waals surface area contributed by atoms with Crippen molar-refractivity contribution in [3.8, 4) is 0 Å². The Morgan fingerprint density at radius 3 is 2.53 bits per heavy atom. The molecule has 1 aliphatic carbocycles. The highest BCUT2D eigenvalue weighted by Gasteiger charge is 2.46. The van der Waals surface area contributed by atoms with Crippen molar-refractivity contribution in [2.24, 2.45) is 17.1 Å². The molecule has 0 saturated heterocycles. The summed E-state index contributed by atoms with van der Waals surface area (Å²) < 4.78 is 0. The molecule has 1 aliphatic rings. The van der Waals surface area contributed by atoms with Gasteiger partial charge in [-0.05, 0) is 19.3 Å². The molecular weight excluding hydrogens is 212 g/mol. The van der Waals surface area contributed by atoms with Gasteiger partial charge in [0.2, 0.25) is 5.91 Å². The number of nitrogens with one attached hydrogen (secondary N) is 1. The van der Waals surface area contributed by atoms with Crippen LogP contribution >= 0.6 is 0 Å². The monoisotopic (exact) mass is 240 g/mol. The van der Waals surface area contributed by atoms with Gasteiger partial charge in [0.05, 0.1) is 0 Å². The quantitative estimate of drug-likeness (QED) is 0.749. The van der Waals surface area contributed by atoms with E-state index in [9.17, 15) is 4.79 Å². The van der Waals surface area contributed by atoms with E-state index in [4.69, 9.17) is 5.73 Å². The van der Waals surface area contributed by atoms with Gasteiger partial charge < -0.3 is 11.1 Å². The molecule has 0 aromatic carbocycles. The van der Waals surface area contributed by atoms with Gasteiger partial charge in [0.25, 0.3) is 0 Å². The van der Waals surface area contributed by atoms with Gasteiger partial charge in [-0.25, -0.2) is 0 Å². The highest BCUT2D eigenvalue weighted by atomic mass is 16.2. The van der Waals surface area contributed by atoms with Crippen LogP contribution < -0.4 is 11.1 Å². The molecule has 1 fully saturated rings. The number of hydrogen-bond donors (Lipinski definition) is 2. The summed E-state index contributed by atoms with van der Waals surface area (Å²) in [5, 5.41) is 3.18. The van der Waals surface area contributed by atoms with Gasteiger partial charge in [-0.3, -0.25) is 4.79 Å². The first-order valence-corrected chi connectivity index (χ1v) is 6.99. The predicted molar refractivity (Wildman–Crippen MR) is 71.6 cm³/mol. The van der Waals surface area contributed by atoms with Crippen LogP contribution in [0.15, 0.2) is 0 Å². The van der Waals surface area contributed by atoms with Gasteiger partial charge in [-0.15, -0.1) is 0 Å². The fourth-order valence-electron chi connectivity index (χ4n) is 2.46. The van der Waals surface area contributed by atoms with E-state index < -0.39 is 0 Å². The first-order valence-electron chi connectivity index (χ1n) is 6.99. The Hall–Kier alpha value is -0.570. The molecule has 3 heteroatoms. The Bertz CT molecular complexity index is 263. The summed E-state index contributed by atoms with van der Waals surface area (Å²) in [7, 11) is 0. The van der Waals surface area contributed by atoms with Crippen LogP contribution in [0.3, 0.4) is 0 Å². The summed E-state index contributed by atoms with van der Waals surface area (Å²) in [4.78, 5) is 12.1. The number of rotatable bonds is 6. The minimum atomic E-state index is 0.0543. The van der Waals surface area contributed by atoms with E-state index in [2.05, 4.69) is 33.0 Å². The van der Waals surface area contributed by atoms with Gasteiger partial charge in [-0.2, -0.15) is 0 Å². The van der Waals surface area contributed by atoms with Crippen LogP contribution in [-0.4, -0.2) is 18.0 Å². The van der Waals surface area contributed by atoms with Gasteiger partial charge in [0.1, 0.15) is 0 Å². The smallest absolute Gasteiger partial charge is 0.223 e. The normalized spacial score (nSPS) is 28.3. The predicted octanol–water partition coefficient (Wildman–Crippen LogP) is 2.44. The molecule has 3 nitrogen and oxygen atoms in total. The molecule has 0 aliphatic heterocycles. The summed E-state index contributed by atoms with van der Waals surface area (Å²) in [5.74, 6) is 0.411. The van der Waals surface area contributed by atoms with E-state index in [0.717, 1.165) is 32.1 Å². The van der Waals surface area contributed by atoms with E-state index in [1.807, 2.05) is 0 Å². The molecule has 0 bridgehead atoms. The highest BCUT2D eigenvalue weighted by molar-refractivity contribution is 5.79. The van der Waals surface area contributed by atoms with E-state index in [-0.39, 0.29) is 29.3 Å². The second-order valence-electron chi connectivity index (χ2n) is 5.97. The molecule has 0 aromatic heterocycles. The number of amides is 1. The lowest BCUT2D eigenvalue weighted by atomic mass is 9.63. The zero-order chi connectivity index (χ0) is 13.1. The lowest BCUT2D eigenvalue weighted by Gasteiger charge is -2.50. The fraction of sp³-hybridized carbons (Fsp3) is 0.929. The van der Waals surface area contributed by atoms with Gasteiger partial charge in [-0.1, -0.05) is 40.5 Å². The Morgan fingerprint density at radius 2 is 2.12 bits per heavy atom. The number of carbonyl (C=O) groups is 1. The first kappa shape index (κ1) is 14.5. The fourth-order valence-corrected chi connectivity index (χ4v) is 2.46. The van der Waals surface area contributed by atoms with Crippen LogP contribution in [0.25, 0.3) is 0 Å². The lowest BCUT2D eigenvalue weighted by molar-refractivity contribution is -0.128. The maximum absolute atomic E-state index is 12.1. The second kappa shape index (κ2) is 5.85. The van der Waals surface area contributed by atoms with Crippen molar-refractivity contribution < 1.29 is 4.79 Å². The summed E-state index contributed by atoms with van der Waals surface area (Å²) in [5.41, 5.74) is 6.01. The van der Waals surface area contributed by atoms with Crippen LogP contribution in [0.4, 0.5) is 0 Å². The average molecular weight is 240 g/mol. The average Bonchev–Trinajstić information content (AvgIpc) is 2.29. The largest absolute Gasteiger partial charge is 0.352 e. The van der Waals surface area contributed by atoms with E-state index in [1.165, 1.54) is 0 Å². The Morgan fingerprint density at radius 1 is 1.47 bits per heavy atom. The van der Waals surface area contributed by atoms with Crippen molar-refractivity contribution in [3.63, 3.8) is 0 Å². The Balaban J connectivity index is 2.43. The maximum Gasteiger partial charge on any atom is 0.223 e. The van der Waals surface area contributed by atoms with Crippen LogP contribution in [0, 0.1) is 11.3 Å². The molecular formula is C14H28N2O. The highest BCUT2D eigenvalue weighted by Crippen LogP contribution is 2.39. The van der Waals surface area contributed by atoms with Gasteiger partial charge >= 0.3 is 0 Å². The third-order valence-corrected chi connectivity index (χ3v) is 4.43. The maximum atomic E-state index is 12.1. The van der Waals surface area contributed by atoms with Crippen LogP contribution in [-0.2, 0) is 4.79 Å². The SMILES string of the molecule is CCCCC(CC)C(=O)NC1CC(N)C1(C)C. The third-order valence-electron chi connectivity index (χ3n) is 4.43. The van der Waals surface area contributed by atoms with Crippen molar-refractivity contribution in [2.75, 3.05) is 0 Å². The third kappa shape index (κ3) is 3.21. The van der Waals surface area contributed by atoms with Gasteiger partial charge in [0.15, 0.2) is 0 Å². The van der Waals surface area contributed by atoms with Crippen molar-refractivity contribution in [3.05, 3.63) is 0 Å². The second-order valence-corrected chi connectivity index (χ2v) is 5.97. The number of carbonyl (C=O) groups excluding carboxylic acids is 1. The number of nitrogens with two attached hydrogens (primary N) is 1. The topological polar surface area (TPSA) is 55.1 Å². The van der Waals surface area contributed by atoms with Crippen LogP contribution in [0.5, 0.6) is 0 Å². The summed E-state index contributed by atoms with van der Waals surface area (Å²) in [6, 6.07) is 0.490. The number of unbranched alkanes of at least 4 members (excludes halogenated alkanes) is 1. The van der Waals surface area contributed by atoms with Crippen molar-refractivity contribution in [1.82, 2.24) is 5.32 Å². The zero-order valence-corrected chi connectivity index (χ0v) is 11.8. The lowest BCUT2D eigenvalue weighted by Crippen LogP contribution is -2.65. The number of hydrogen-bond acceptors (Lipinski definition) is 2. The van der Waals surface area contributed by atoms with Gasteiger partial charge in [0, 0.05) is 23.4 Å². The molecule has 0 aromatic rings. The molecule has 17 heavy (non-hydrogen) atoms. The summed E-state index contributed by atoms with van der Waals surface area (Å²) >= 11 is 0. The van der Waals surface area contributed by atoms with Crippen LogP contribution in [0.2, 0.25) is 0 Å². The zero-order valence-electron chi connectivity index (χ0n) is 11.8. The molecule has 3 unspecified atom stereocenters. The van der Waals surface area contributed by atoms with Crippen molar-refractivity contribution in [2.45, 2.75) is 71.9 Å². The van der Waals surface area contributed by atoms with E-state index in [0.29, 0.717) is 0 Å². The van der Waals surface area contributed by atoms with E-state index in [1.54, 1.807) is 0 Å². The van der Waals surface area contributed by atoms with Crippen molar-refractivity contribution in [1.29, 1.82) is 0 Å². The minimum Gasteiger partial charge on any atom is -0.352 e. The molecule has 0 radical (unpaired) electrons. The molecule has 0 spiro atoms. The minimum absolute atomic E-state index is 0.0543. The molecule has 1 amide bonds. The van der Waals surface area contributed by atoms with Crippen LogP contribution in [0.1, 0.15) is 59.8 Å². The Kier molecular flexibility index (Phi) is 4.99. The van der Waals surface area contributed by atoms with E-state index >= 15 is 0 Å². The summed E-state index contributed by atoms with van der Waals surface area (Å²) in [6.07, 6.45) is 5.16. The molecule has 3 N–H and O–H groups in total. The molecule has 100 valence electrons. The molecule has 1 saturated carbocycles. The first-order chi connectivity index (χ1) is 7.93.